The van der Waals surface area contributed by atoms with Gasteiger partial charge < -0.3 is 24.5 Å². The van der Waals surface area contributed by atoms with Crippen LogP contribution in [0.3, 0.4) is 0 Å². The Hall–Kier alpha value is -0.200. The van der Waals surface area contributed by atoms with Gasteiger partial charge in [-0.2, -0.15) is 0 Å². The van der Waals surface area contributed by atoms with Gasteiger partial charge in [-0.05, 0) is 6.92 Å². The Bertz CT molecular complexity index is 148. The number of rotatable bonds is 9. The fourth-order valence-corrected chi connectivity index (χ4v) is 1.59. The maximum Gasteiger partial charge on any atom is 0.126 e. The molecule has 0 heterocycles. The van der Waals surface area contributed by atoms with Crippen LogP contribution in [-0.4, -0.2) is 79.0 Å². The normalized spacial score (nSPS) is 14.2. The van der Waals surface area contributed by atoms with E-state index in [0.717, 1.165) is 0 Å². The van der Waals surface area contributed by atoms with Gasteiger partial charge >= 0.3 is 0 Å². The number of hydrogen-bond donors (Lipinski definition) is 3. The summed E-state index contributed by atoms with van der Waals surface area (Å²) >= 11 is 0. The van der Waals surface area contributed by atoms with Gasteiger partial charge in [0, 0.05) is 6.61 Å². The van der Waals surface area contributed by atoms with E-state index in [1.54, 1.807) is 0 Å². The maximum absolute atomic E-state index is 9.67. The second-order valence-corrected chi connectivity index (χ2v) is 4.01. The standard InChI is InChI=1S/C10H24NO4/c1-3-15-9-10(14)8-11(2,4-6-12)5-7-13/h10,12-14H,3-9H2,1-2H3/q+1. The van der Waals surface area contributed by atoms with E-state index < -0.39 is 6.10 Å². The smallest absolute Gasteiger partial charge is 0.126 e. The average Bonchev–Trinajstić information content (AvgIpc) is 2.15. The number of aliphatic hydroxyl groups excluding tert-OH is 3. The third-order valence-electron chi connectivity index (χ3n) is 2.45. The molecular formula is C10H24NO4+. The molecule has 1 unspecified atom stereocenters. The summed E-state index contributed by atoms with van der Waals surface area (Å²) in [4.78, 5) is 0. The molecule has 0 aromatic rings. The number of ether oxygens (including phenoxy) is 1. The van der Waals surface area contributed by atoms with Crippen LogP contribution in [0.2, 0.25) is 0 Å². The van der Waals surface area contributed by atoms with Crippen molar-refractivity contribution in [2.45, 2.75) is 13.0 Å². The van der Waals surface area contributed by atoms with E-state index in [4.69, 9.17) is 14.9 Å². The van der Waals surface area contributed by atoms with Crippen LogP contribution in [0.15, 0.2) is 0 Å². The average molecular weight is 222 g/mol. The van der Waals surface area contributed by atoms with Gasteiger partial charge in [0.05, 0.1) is 26.9 Å². The molecule has 0 bridgehead atoms. The Kier molecular flexibility index (Phi) is 7.90. The first-order chi connectivity index (χ1) is 7.08. The molecule has 0 aromatic carbocycles. The third-order valence-corrected chi connectivity index (χ3v) is 2.45. The highest BCUT2D eigenvalue weighted by Crippen LogP contribution is 2.04. The lowest BCUT2D eigenvalue weighted by Gasteiger charge is -2.35. The molecule has 1 atom stereocenters. The molecule has 0 aromatic heterocycles. The topological polar surface area (TPSA) is 69.9 Å². The minimum atomic E-state index is -0.548. The summed E-state index contributed by atoms with van der Waals surface area (Å²) in [5.41, 5.74) is 0. The van der Waals surface area contributed by atoms with E-state index in [-0.39, 0.29) is 13.2 Å². The quantitative estimate of drug-likeness (QED) is 0.429. The van der Waals surface area contributed by atoms with Crippen molar-refractivity contribution in [3.8, 4) is 0 Å². The van der Waals surface area contributed by atoms with Crippen LogP contribution in [0.25, 0.3) is 0 Å². The van der Waals surface area contributed by atoms with Crippen molar-refractivity contribution in [1.82, 2.24) is 0 Å². The summed E-state index contributed by atoms with van der Waals surface area (Å²) in [6.45, 7) is 4.43. The molecule has 0 aliphatic carbocycles. The van der Waals surface area contributed by atoms with Crippen molar-refractivity contribution in [2.24, 2.45) is 0 Å². The molecule has 0 saturated heterocycles. The lowest BCUT2D eigenvalue weighted by molar-refractivity contribution is -0.913. The van der Waals surface area contributed by atoms with Crippen LogP contribution in [0.4, 0.5) is 0 Å². The number of hydrogen-bond acceptors (Lipinski definition) is 4. The van der Waals surface area contributed by atoms with Gasteiger partial charge in [0.2, 0.25) is 0 Å². The third kappa shape index (κ3) is 6.81. The maximum atomic E-state index is 9.67. The Balaban J connectivity index is 4.02. The SMILES string of the molecule is CCOCC(O)C[N+](C)(CCO)CCO. The predicted molar refractivity (Wildman–Crippen MR) is 57.5 cm³/mol. The number of quaternary nitrogens is 1. The first-order valence-corrected chi connectivity index (χ1v) is 5.39. The van der Waals surface area contributed by atoms with E-state index in [9.17, 15) is 5.11 Å². The second-order valence-electron chi connectivity index (χ2n) is 4.01. The molecule has 5 heteroatoms. The lowest BCUT2D eigenvalue weighted by atomic mass is 10.3. The van der Waals surface area contributed by atoms with E-state index in [1.807, 2.05) is 14.0 Å². The Morgan fingerprint density at radius 1 is 1.20 bits per heavy atom. The highest BCUT2D eigenvalue weighted by Gasteiger charge is 2.24. The fourth-order valence-electron chi connectivity index (χ4n) is 1.59. The molecule has 15 heavy (non-hydrogen) atoms. The van der Waals surface area contributed by atoms with Crippen LogP contribution < -0.4 is 0 Å². The van der Waals surface area contributed by atoms with Crippen LogP contribution in [-0.2, 0) is 4.74 Å². The molecule has 0 aliphatic heterocycles. The van der Waals surface area contributed by atoms with Gasteiger partial charge in [-0.15, -0.1) is 0 Å². The molecule has 0 aliphatic rings. The van der Waals surface area contributed by atoms with Gasteiger partial charge in [-0.3, -0.25) is 0 Å². The number of aliphatic hydroxyl groups is 3. The molecular weight excluding hydrogens is 198 g/mol. The number of likely N-dealkylation sites (N-methyl/N-ethyl adjacent to an activating group) is 1. The largest absolute Gasteiger partial charge is 0.391 e. The molecule has 0 radical (unpaired) electrons. The monoisotopic (exact) mass is 222 g/mol. The zero-order valence-corrected chi connectivity index (χ0v) is 9.72. The molecule has 92 valence electrons. The van der Waals surface area contributed by atoms with E-state index in [0.29, 0.717) is 37.3 Å². The fraction of sp³-hybridized carbons (Fsp3) is 1.00. The predicted octanol–water partition coefficient (Wildman–Crippen LogP) is -1.18. The van der Waals surface area contributed by atoms with Gasteiger partial charge in [0.1, 0.15) is 25.7 Å². The van der Waals surface area contributed by atoms with Crippen molar-refractivity contribution in [2.75, 3.05) is 53.1 Å². The van der Waals surface area contributed by atoms with Gasteiger partial charge in [-0.25, -0.2) is 0 Å². The Labute approximate surface area is 91.5 Å². The molecule has 0 spiro atoms. The van der Waals surface area contributed by atoms with Crippen LogP contribution in [0.5, 0.6) is 0 Å². The minimum Gasteiger partial charge on any atom is -0.391 e. The zero-order valence-electron chi connectivity index (χ0n) is 9.72. The zero-order chi connectivity index (χ0) is 11.7. The van der Waals surface area contributed by atoms with Gasteiger partial charge in [0.25, 0.3) is 0 Å². The van der Waals surface area contributed by atoms with Crippen molar-refractivity contribution >= 4 is 0 Å². The highest BCUT2D eigenvalue weighted by atomic mass is 16.5. The molecule has 3 N–H and O–H groups in total. The van der Waals surface area contributed by atoms with Crippen molar-refractivity contribution in [3.05, 3.63) is 0 Å². The molecule has 5 nitrogen and oxygen atoms in total. The van der Waals surface area contributed by atoms with Crippen LogP contribution in [0, 0.1) is 0 Å². The first-order valence-electron chi connectivity index (χ1n) is 5.39. The van der Waals surface area contributed by atoms with Gasteiger partial charge in [-0.1, -0.05) is 0 Å². The minimum absolute atomic E-state index is 0.0534. The summed E-state index contributed by atoms with van der Waals surface area (Å²) < 4.78 is 5.57. The van der Waals surface area contributed by atoms with Crippen molar-refractivity contribution in [3.63, 3.8) is 0 Å². The van der Waals surface area contributed by atoms with Gasteiger partial charge in [0.15, 0.2) is 0 Å². The molecule has 0 fully saturated rings. The molecule has 0 amide bonds. The summed E-state index contributed by atoms with van der Waals surface area (Å²) in [6, 6.07) is 0. The summed E-state index contributed by atoms with van der Waals surface area (Å²) in [7, 11) is 1.90. The Morgan fingerprint density at radius 2 is 1.73 bits per heavy atom. The van der Waals surface area contributed by atoms with E-state index in [2.05, 4.69) is 0 Å². The highest BCUT2D eigenvalue weighted by molar-refractivity contribution is 4.53. The summed E-state index contributed by atoms with van der Waals surface area (Å²) in [6.07, 6.45) is -0.548. The molecule has 0 rings (SSSR count). The summed E-state index contributed by atoms with van der Waals surface area (Å²) in [5, 5.41) is 27.5. The van der Waals surface area contributed by atoms with E-state index >= 15 is 0 Å². The van der Waals surface area contributed by atoms with E-state index in [1.165, 1.54) is 0 Å². The van der Waals surface area contributed by atoms with Crippen molar-refractivity contribution < 1.29 is 24.5 Å². The van der Waals surface area contributed by atoms with Crippen molar-refractivity contribution in [1.29, 1.82) is 0 Å². The second kappa shape index (κ2) is 8.01. The van der Waals surface area contributed by atoms with Crippen LogP contribution >= 0.6 is 0 Å². The van der Waals surface area contributed by atoms with Crippen LogP contribution in [0.1, 0.15) is 6.92 Å². The molecule has 0 saturated carbocycles. The summed E-state index contributed by atoms with van der Waals surface area (Å²) in [5.74, 6) is 0. The first kappa shape index (κ1) is 14.8. The Morgan fingerprint density at radius 3 is 2.13 bits per heavy atom. The lowest BCUT2D eigenvalue weighted by Crippen LogP contribution is -2.52. The number of nitrogens with zero attached hydrogens (tertiary/aromatic N) is 1.